The Labute approximate surface area is 134 Å². The van der Waals surface area contributed by atoms with Gasteiger partial charge in [-0.1, -0.05) is 39.5 Å². The molecule has 0 spiro atoms. The number of nitrogens with one attached hydrogen (secondary N) is 1. The number of hydrogen-bond acceptors (Lipinski definition) is 3. The molecule has 0 aromatic carbocycles. The van der Waals surface area contributed by atoms with Gasteiger partial charge in [0, 0.05) is 7.11 Å². The van der Waals surface area contributed by atoms with Crippen LogP contribution in [0.2, 0.25) is 0 Å². The van der Waals surface area contributed by atoms with Gasteiger partial charge in [-0.25, -0.2) is 4.98 Å². The fraction of sp³-hybridized carbons (Fsp3) is 0.750. The van der Waals surface area contributed by atoms with Crippen LogP contribution in [0, 0.1) is 5.92 Å². The maximum absolute atomic E-state index is 12.2. The predicted octanol–water partition coefficient (Wildman–Crippen LogP) is 3.93. The molecule has 0 aliphatic heterocycles. The molecule has 1 aliphatic carbocycles. The van der Waals surface area contributed by atoms with Crippen molar-refractivity contribution in [2.24, 2.45) is 5.92 Å². The Morgan fingerprint density at radius 3 is 2.43 bits per heavy atom. The van der Waals surface area contributed by atoms with Crippen LogP contribution < -0.4 is 5.56 Å². The summed E-state index contributed by atoms with van der Waals surface area (Å²) in [5.74, 6) is 1.16. The number of methoxy groups -OCH3 is 1. The van der Waals surface area contributed by atoms with E-state index in [0.717, 1.165) is 37.8 Å². The van der Waals surface area contributed by atoms with Crippen molar-refractivity contribution in [2.45, 2.75) is 64.4 Å². The van der Waals surface area contributed by atoms with Gasteiger partial charge >= 0.3 is 0 Å². The van der Waals surface area contributed by atoms with Crippen molar-refractivity contribution in [3.05, 3.63) is 26.3 Å². The third-order valence-corrected chi connectivity index (χ3v) is 5.08. The van der Waals surface area contributed by atoms with Gasteiger partial charge in [0.2, 0.25) is 0 Å². The molecule has 5 heteroatoms. The van der Waals surface area contributed by atoms with Crippen LogP contribution in [0.5, 0.6) is 0 Å². The largest absolute Gasteiger partial charge is 0.370 e. The highest BCUT2D eigenvalue weighted by Gasteiger charge is 2.36. The van der Waals surface area contributed by atoms with Gasteiger partial charge < -0.3 is 9.72 Å². The Morgan fingerprint density at radius 1 is 1.29 bits per heavy atom. The fourth-order valence-corrected chi connectivity index (χ4v) is 3.43. The van der Waals surface area contributed by atoms with Crippen molar-refractivity contribution in [3.63, 3.8) is 0 Å². The Bertz CT molecular complexity index is 532. The summed E-state index contributed by atoms with van der Waals surface area (Å²) in [5, 5.41) is 0. The number of nitrogens with zero attached hydrogens (tertiary/aromatic N) is 1. The standard InChI is InChI=1S/C16H25BrN2O2/c1-11(2)10-12-13(17)14(20)19-15(18-12)16(21-3)8-6-4-5-7-9-16/h11H,4-10H2,1-3H3,(H,18,19,20). The van der Waals surface area contributed by atoms with E-state index in [1.165, 1.54) is 12.8 Å². The number of aromatic nitrogens is 2. The summed E-state index contributed by atoms with van der Waals surface area (Å²) in [6, 6.07) is 0. The van der Waals surface area contributed by atoms with Crippen molar-refractivity contribution in [1.82, 2.24) is 9.97 Å². The summed E-state index contributed by atoms with van der Waals surface area (Å²) in [4.78, 5) is 19.9. The van der Waals surface area contributed by atoms with E-state index in [9.17, 15) is 4.79 Å². The van der Waals surface area contributed by atoms with Crippen LogP contribution in [-0.4, -0.2) is 17.1 Å². The quantitative estimate of drug-likeness (QED) is 0.831. The molecule has 1 aliphatic rings. The first-order valence-corrected chi connectivity index (χ1v) is 8.62. The molecule has 1 N–H and O–H groups in total. The molecule has 4 nitrogen and oxygen atoms in total. The monoisotopic (exact) mass is 356 g/mol. The number of halogens is 1. The van der Waals surface area contributed by atoms with Crippen molar-refractivity contribution in [3.8, 4) is 0 Å². The highest BCUT2D eigenvalue weighted by Crippen LogP contribution is 2.37. The topological polar surface area (TPSA) is 55.0 Å². The molecule has 2 rings (SSSR count). The Morgan fingerprint density at radius 2 is 1.90 bits per heavy atom. The molecule has 0 unspecified atom stereocenters. The van der Waals surface area contributed by atoms with E-state index in [2.05, 4.69) is 34.8 Å². The summed E-state index contributed by atoms with van der Waals surface area (Å²) in [5.41, 5.74) is 0.308. The summed E-state index contributed by atoms with van der Waals surface area (Å²) >= 11 is 3.37. The molecule has 1 saturated carbocycles. The molecular formula is C16H25BrN2O2. The molecular weight excluding hydrogens is 332 g/mol. The lowest BCUT2D eigenvalue weighted by atomic mass is 9.93. The van der Waals surface area contributed by atoms with Gasteiger partial charge in [0.05, 0.1) is 5.69 Å². The SMILES string of the molecule is COC1(c2nc(CC(C)C)c(Br)c(=O)[nH]2)CCCCCC1. The number of aromatic amines is 1. The third-order valence-electron chi connectivity index (χ3n) is 4.27. The third kappa shape index (κ3) is 3.75. The summed E-state index contributed by atoms with van der Waals surface area (Å²) in [6.45, 7) is 4.26. The van der Waals surface area contributed by atoms with Crippen LogP contribution >= 0.6 is 15.9 Å². The maximum Gasteiger partial charge on any atom is 0.265 e. The van der Waals surface area contributed by atoms with Crippen molar-refractivity contribution >= 4 is 15.9 Å². The highest BCUT2D eigenvalue weighted by atomic mass is 79.9. The van der Waals surface area contributed by atoms with E-state index in [0.29, 0.717) is 16.2 Å². The fourth-order valence-electron chi connectivity index (χ4n) is 3.08. The molecule has 0 bridgehead atoms. The minimum absolute atomic E-state index is 0.101. The highest BCUT2D eigenvalue weighted by molar-refractivity contribution is 9.10. The second-order valence-electron chi connectivity index (χ2n) is 6.39. The van der Waals surface area contributed by atoms with E-state index >= 15 is 0 Å². The Hall–Kier alpha value is -0.680. The lowest BCUT2D eigenvalue weighted by Crippen LogP contribution is -2.33. The van der Waals surface area contributed by atoms with Crippen molar-refractivity contribution < 1.29 is 4.74 Å². The molecule has 0 saturated heterocycles. The zero-order valence-electron chi connectivity index (χ0n) is 13.2. The minimum Gasteiger partial charge on any atom is -0.370 e. The van der Waals surface area contributed by atoms with Crippen LogP contribution in [0.25, 0.3) is 0 Å². The van der Waals surface area contributed by atoms with Crippen LogP contribution in [0.3, 0.4) is 0 Å². The lowest BCUT2D eigenvalue weighted by Gasteiger charge is -2.30. The first-order chi connectivity index (χ1) is 9.98. The molecule has 21 heavy (non-hydrogen) atoms. The van der Waals surface area contributed by atoms with Gasteiger partial charge in [-0.05, 0) is 41.1 Å². The van der Waals surface area contributed by atoms with Crippen molar-refractivity contribution in [2.75, 3.05) is 7.11 Å². The first kappa shape index (κ1) is 16.7. The van der Waals surface area contributed by atoms with Gasteiger partial charge in [0.1, 0.15) is 15.9 Å². The van der Waals surface area contributed by atoms with E-state index in [-0.39, 0.29) is 5.56 Å². The Balaban J connectivity index is 2.45. The molecule has 0 atom stereocenters. The van der Waals surface area contributed by atoms with Crippen LogP contribution in [0.15, 0.2) is 9.27 Å². The minimum atomic E-state index is -0.428. The van der Waals surface area contributed by atoms with Crippen molar-refractivity contribution in [1.29, 1.82) is 0 Å². The number of ether oxygens (including phenoxy) is 1. The molecule has 1 aromatic rings. The van der Waals surface area contributed by atoms with E-state index in [1.807, 2.05) is 0 Å². The van der Waals surface area contributed by atoms with Crippen LogP contribution in [0.4, 0.5) is 0 Å². The van der Waals surface area contributed by atoms with Gasteiger partial charge in [-0.3, -0.25) is 4.79 Å². The molecule has 1 fully saturated rings. The summed E-state index contributed by atoms with van der Waals surface area (Å²) in [6.07, 6.45) is 7.33. The second kappa shape index (κ2) is 7.05. The normalized spacial score (nSPS) is 18.7. The molecule has 0 radical (unpaired) electrons. The smallest absolute Gasteiger partial charge is 0.265 e. The number of H-pyrrole nitrogens is 1. The molecule has 1 heterocycles. The zero-order chi connectivity index (χ0) is 15.5. The first-order valence-electron chi connectivity index (χ1n) is 7.83. The van der Waals surface area contributed by atoms with Crippen LogP contribution in [0.1, 0.15) is 63.9 Å². The average Bonchev–Trinajstić information content (AvgIpc) is 2.69. The molecule has 1 aromatic heterocycles. The van der Waals surface area contributed by atoms with E-state index < -0.39 is 5.60 Å². The predicted molar refractivity (Wildman–Crippen MR) is 87.5 cm³/mol. The van der Waals surface area contributed by atoms with Gasteiger partial charge in [0.25, 0.3) is 5.56 Å². The van der Waals surface area contributed by atoms with Gasteiger partial charge in [-0.2, -0.15) is 0 Å². The molecule has 118 valence electrons. The lowest BCUT2D eigenvalue weighted by molar-refractivity contribution is -0.0355. The summed E-state index contributed by atoms with van der Waals surface area (Å²) in [7, 11) is 1.73. The summed E-state index contributed by atoms with van der Waals surface area (Å²) < 4.78 is 6.41. The van der Waals surface area contributed by atoms with Gasteiger partial charge in [-0.15, -0.1) is 0 Å². The number of hydrogen-bond donors (Lipinski definition) is 1. The maximum atomic E-state index is 12.2. The van der Waals surface area contributed by atoms with Gasteiger partial charge in [0.15, 0.2) is 0 Å². The second-order valence-corrected chi connectivity index (χ2v) is 7.18. The zero-order valence-corrected chi connectivity index (χ0v) is 14.8. The van der Waals surface area contributed by atoms with E-state index in [1.54, 1.807) is 7.11 Å². The Kier molecular flexibility index (Phi) is 5.60. The average molecular weight is 357 g/mol. The van der Waals surface area contributed by atoms with E-state index in [4.69, 9.17) is 9.72 Å². The van der Waals surface area contributed by atoms with Crippen LogP contribution in [-0.2, 0) is 16.8 Å². The number of rotatable bonds is 4. The molecule has 0 amide bonds.